The van der Waals surface area contributed by atoms with E-state index in [2.05, 4.69) is 31.8 Å². The van der Waals surface area contributed by atoms with Crippen LogP contribution in [0.15, 0.2) is 4.99 Å². The summed E-state index contributed by atoms with van der Waals surface area (Å²) in [6, 6.07) is 0.561. The van der Waals surface area contributed by atoms with Gasteiger partial charge in [-0.05, 0) is 39.8 Å². The molecule has 0 aromatic rings. The van der Waals surface area contributed by atoms with E-state index in [0.29, 0.717) is 12.6 Å². The van der Waals surface area contributed by atoms with Crippen LogP contribution in [0.4, 0.5) is 0 Å². The van der Waals surface area contributed by atoms with Crippen molar-refractivity contribution < 1.29 is 8.42 Å². The highest BCUT2D eigenvalue weighted by atomic mass is 32.2. The third kappa shape index (κ3) is 7.05. The van der Waals surface area contributed by atoms with Crippen LogP contribution in [0.2, 0.25) is 0 Å². The van der Waals surface area contributed by atoms with Gasteiger partial charge in [-0.15, -0.1) is 0 Å². The number of aliphatic imine (C=N–C) groups is 1. The highest BCUT2D eigenvalue weighted by Crippen LogP contribution is 2.17. The Labute approximate surface area is 141 Å². The van der Waals surface area contributed by atoms with Crippen molar-refractivity contribution in [2.24, 2.45) is 4.99 Å². The zero-order valence-corrected chi connectivity index (χ0v) is 16.2. The van der Waals surface area contributed by atoms with Crippen LogP contribution in [0.5, 0.6) is 0 Å². The zero-order chi connectivity index (χ0) is 17.7. The van der Waals surface area contributed by atoms with Crippen molar-refractivity contribution in [1.29, 1.82) is 0 Å². The fourth-order valence-electron chi connectivity index (χ4n) is 3.14. The highest BCUT2D eigenvalue weighted by molar-refractivity contribution is 7.88. The molecular weight excluding hydrogens is 314 g/mol. The third-order valence-electron chi connectivity index (χ3n) is 4.11. The van der Waals surface area contributed by atoms with Crippen LogP contribution in [0.1, 0.15) is 33.6 Å². The van der Waals surface area contributed by atoms with Gasteiger partial charge < -0.3 is 10.2 Å². The number of likely N-dealkylation sites (N-methyl/N-ethyl adjacent to an activating group) is 2. The molecule has 2 N–H and O–H groups in total. The lowest BCUT2D eigenvalue weighted by Crippen LogP contribution is -2.54. The SMILES string of the molecule is CCN1CCCC1CN(C)C(=NC)NCC(C)(C)NS(C)(=O)=O. The number of nitrogens with one attached hydrogen (secondary N) is 2. The molecule has 1 aliphatic rings. The van der Waals surface area contributed by atoms with Crippen LogP contribution in [0.25, 0.3) is 0 Å². The number of rotatable bonds is 7. The minimum absolute atomic E-state index is 0.471. The van der Waals surface area contributed by atoms with Crippen molar-refractivity contribution >= 4 is 16.0 Å². The normalized spacial score (nSPS) is 20.8. The molecule has 0 aromatic carbocycles. The number of sulfonamides is 1. The van der Waals surface area contributed by atoms with Gasteiger partial charge in [0.15, 0.2) is 5.96 Å². The van der Waals surface area contributed by atoms with E-state index >= 15 is 0 Å². The lowest BCUT2D eigenvalue weighted by molar-refractivity contribution is 0.232. The molecule has 1 atom stereocenters. The summed E-state index contributed by atoms with van der Waals surface area (Å²) in [6.07, 6.45) is 3.65. The van der Waals surface area contributed by atoms with E-state index in [4.69, 9.17) is 0 Å². The Bertz CT molecular complexity index is 504. The van der Waals surface area contributed by atoms with Crippen LogP contribution >= 0.6 is 0 Å². The van der Waals surface area contributed by atoms with Crippen LogP contribution in [-0.2, 0) is 10.0 Å². The van der Waals surface area contributed by atoms with E-state index in [1.165, 1.54) is 25.6 Å². The van der Waals surface area contributed by atoms with Gasteiger partial charge in [-0.2, -0.15) is 0 Å². The first-order chi connectivity index (χ1) is 10.6. The second kappa shape index (κ2) is 8.30. The molecular formula is C15H33N5O2S. The van der Waals surface area contributed by atoms with Gasteiger partial charge in [-0.1, -0.05) is 6.92 Å². The average molecular weight is 348 g/mol. The minimum atomic E-state index is -3.24. The van der Waals surface area contributed by atoms with E-state index in [0.717, 1.165) is 19.0 Å². The molecule has 0 radical (unpaired) electrons. The lowest BCUT2D eigenvalue weighted by atomic mass is 10.1. The summed E-state index contributed by atoms with van der Waals surface area (Å²) in [6.45, 7) is 9.55. The number of hydrogen-bond acceptors (Lipinski definition) is 4. The molecule has 0 aliphatic carbocycles. The Kier molecular flexibility index (Phi) is 7.29. The molecule has 1 fully saturated rings. The van der Waals surface area contributed by atoms with Crippen molar-refractivity contribution in [3.63, 3.8) is 0 Å². The molecule has 1 aliphatic heterocycles. The van der Waals surface area contributed by atoms with Crippen LogP contribution in [0, 0.1) is 0 Å². The average Bonchev–Trinajstić information content (AvgIpc) is 2.83. The van der Waals surface area contributed by atoms with Gasteiger partial charge in [0.25, 0.3) is 0 Å². The quantitative estimate of drug-likeness (QED) is 0.512. The Morgan fingerprint density at radius 2 is 2.09 bits per heavy atom. The van der Waals surface area contributed by atoms with Gasteiger partial charge in [0.2, 0.25) is 10.0 Å². The Balaban J connectivity index is 2.56. The molecule has 0 aromatic heterocycles. The monoisotopic (exact) mass is 347 g/mol. The zero-order valence-electron chi connectivity index (χ0n) is 15.4. The molecule has 0 bridgehead atoms. The smallest absolute Gasteiger partial charge is 0.209 e. The molecule has 0 spiro atoms. The number of likely N-dealkylation sites (tertiary alicyclic amines) is 1. The summed E-state index contributed by atoms with van der Waals surface area (Å²) in [4.78, 5) is 8.94. The van der Waals surface area contributed by atoms with Gasteiger partial charge in [-0.3, -0.25) is 9.89 Å². The van der Waals surface area contributed by atoms with Gasteiger partial charge >= 0.3 is 0 Å². The van der Waals surface area contributed by atoms with Gasteiger partial charge in [-0.25, -0.2) is 13.1 Å². The summed E-state index contributed by atoms with van der Waals surface area (Å²) in [7, 11) is 0.542. The first-order valence-corrected chi connectivity index (χ1v) is 10.1. The molecule has 7 nitrogen and oxygen atoms in total. The van der Waals surface area contributed by atoms with Gasteiger partial charge in [0.1, 0.15) is 0 Å². The fourth-order valence-corrected chi connectivity index (χ4v) is 4.22. The molecule has 0 saturated carbocycles. The van der Waals surface area contributed by atoms with Crippen molar-refractivity contribution in [3.05, 3.63) is 0 Å². The van der Waals surface area contributed by atoms with Crippen molar-refractivity contribution in [2.45, 2.75) is 45.2 Å². The molecule has 1 saturated heterocycles. The topological polar surface area (TPSA) is 77.0 Å². The summed E-state index contributed by atoms with van der Waals surface area (Å²) in [5.74, 6) is 0.788. The molecule has 1 heterocycles. The molecule has 8 heteroatoms. The van der Waals surface area contributed by atoms with Crippen LogP contribution in [0.3, 0.4) is 0 Å². The van der Waals surface area contributed by atoms with Crippen molar-refractivity contribution in [3.8, 4) is 0 Å². The second-order valence-electron chi connectivity index (χ2n) is 6.96. The fraction of sp³-hybridized carbons (Fsp3) is 0.933. The molecule has 1 rings (SSSR count). The van der Waals surface area contributed by atoms with Crippen molar-refractivity contribution in [1.82, 2.24) is 19.8 Å². The maximum atomic E-state index is 11.4. The molecule has 23 heavy (non-hydrogen) atoms. The van der Waals surface area contributed by atoms with Crippen LogP contribution < -0.4 is 10.0 Å². The van der Waals surface area contributed by atoms with E-state index in [-0.39, 0.29) is 0 Å². The Morgan fingerprint density at radius 1 is 1.43 bits per heavy atom. The number of nitrogens with zero attached hydrogens (tertiary/aromatic N) is 3. The molecule has 0 amide bonds. The van der Waals surface area contributed by atoms with E-state index in [1.807, 2.05) is 20.9 Å². The second-order valence-corrected chi connectivity index (χ2v) is 8.71. The standard InChI is InChI=1S/C15H33N5O2S/c1-7-20-10-8-9-13(20)11-19(5)14(16-4)17-12-15(2,3)18-23(6,21)22/h13,18H,7-12H2,1-6H3,(H,16,17). The maximum absolute atomic E-state index is 11.4. The highest BCUT2D eigenvalue weighted by Gasteiger charge is 2.26. The predicted molar refractivity (Wildman–Crippen MR) is 96.3 cm³/mol. The molecule has 136 valence electrons. The van der Waals surface area contributed by atoms with E-state index < -0.39 is 15.6 Å². The predicted octanol–water partition coefficient (Wildman–Crippen LogP) is 0.306. The lowest BCUT2D eigenvalue weighted by Gasteiger charge is -2.32. The van der Waals surface area contributed by atoms with Gasteiger partial charge in [0, 0.05) is 38.8 Å². The van der Waals surface area contributed by atoms with Gasteiger partial charge in [0.05, 0.1) is 6.26 Å². The maximum Gasteiger partial charge on any atom is 0.209 e. The summed E-state index contributed by atoms with van der Waals surface area (Å²) >= 11 is 0. The Hall–Kier alpha value is -0.860. The van der Waals surface area contributed by atoms with E-state index in [1.54, 1.807) is 7.05 Å². The number of guanidine groups is 1. The summed E-state index contributed by atoms with van der Waals surface area (Å²) in [5, 5.41) is 3.27. The van der Waals surface area contributed by atoms with Crippen LogP contribution in [-0.4, -0.2) is 82.3 Å². The Morgan fingerprint density at radius 3 is 2.61 bits per heavy atom. The third-order valence-corrected chi connectivity index (χ3v) is 5.04. The first kappa shape index (κ1) is 20.2. The first-order valence-electron chi connectivity index (χ1n) is 8.22. The largest absolute Gasteiger partial charge is 0.354 e. The summed E-state index contributed by atoms with van der Waals surface area (Å²) in [5.41, 5.74) is -0.576. The van der Waals surface area contributed by atoms with Crippen molar-refractivity contribution in [2.75, 3.05) is 46.5 Å². The van der Waals surface area contributed by atoms with E-state index in [9.17, 15) is 8.42 Å². The molecule has 1 unspecified atom stereocenters. The minimum Gasteiger partial charge on any atom is -0.354 e. The summed E-state index contributed by atoms with van der Waals surface area (Å²) < 4.78 is 25.4. The number of hydrogen-bond donors (Lipinski definition) is 2.